The molecule has 1 aromatic rings. The number of aromatic carboxylic acids is 1. The van der Waals surface area contributed by atoms with Crippen molar-refractivity contribution in [1.29, 1.82) is 0 Å². The second kappa shape index (κ2) is 4.94. The molecule has 0 aliphatic heterocycles. The smallest absolute Gasteiger partial charge is 0.337 e. The first-order chi connectivity index (χ1) is 6.49. The van der Waals surface area contributed by atoms with E-state index in [-0.39, 0.29) is 0 Å². The van der Waals surface area contributed by atoms with Crippen molar-refractivity contribution in [2.24, 2.45) is 0 Å². The van der Waals surface area contributed by atoms with Gasteiger partial charge < -0.3 is 5.11 Å². The summed E-state index contributed by atoms with van der Waals surface area (Å²) in [5, 5.41) is 9.08. The highest BCUT2D eigenvalue weighted by atomic mass is 127. The first-order valence-electron chi connectivity index (χ1n) is 3.88. The number of carboxylic acid groups (broad SMARTS) is 1. The highest BCUT2D eigenvalue weighted by Crippen LogP contribution is 2.32. The summed E-state index contributed by atoms with van der Waals surface area (Å²) in [6.45, 7) is 1.94. The van der Waals surface area contributed by atoms with Crippen molar-refractivity contribution in [3.63, 3.8) is 0 Å². The van der Waals surface area contributed by atoms with Gasteiger partial charge in [0.05, 0.1) is 5.56 Å². The topological polar surface area (TPSA) is 37.3 Å². The van der Waals surface area contributed by atoms with Crippen molar-refractivity contribution in [2.45, 2.75) is 13.3 Å². The van der Waals surface area contributed by atoms with Gasteiger partial charge in [0.2, 0.25) is 0 Å². The van der Waals surface area contributed by atoms with Crippen molar-refractivity contribution in [3.8, 4) is 0 Å². The van der Waals surface area contributed by atoms with Gasteiger partial charge >= 0.3 is 5.97 Å². The van der Waals surface area contributed by atoms with Crippen LogP contribution in [0.3, 0.4) is 0 Å². The number of rotatable bonds is 2. The molecule has 0 spiro atoms. The molecule has 0 heterocycles. The van der Waals surface area contributed by atoms with E-state index < -0.39 is 5.97 Å². The Hall–Kier alpha value is 0.380. The number of benzene rings is 1. The van der Waals surface area contributed by atoms with Crippen LogP contribution in [0.4, 0.5) is 0 Å². The molecule has 14 heavy (non-hydrogen) atoms. The molecule has 0 unspecified atom stereocenters. The molecule has 0 aliphatic rings. The van der Waals surface area contributed by atoms with Crippen molar-refractivity contribution < 1.29 is 9.90 Å². The quantitative estimate of drug-likeness (QED) is 0.564. The number of hydrogen-bond acceptors (Lipinski definition) is 1. The molecule has 1 rings (SSSR count). The van der Waals surface area contributed by atoms with Gasteiger partial charge in [0.15, 0.2) is 0 Å². The molecule has 1 aromatic carbocycles. The molecule has 0 saturated carbocycles. The summed E-state index contributed by atoms with van der Waals surface area (Å²) in [6.07, 6.45) is 0.700. The average Bonchev–Trinajstić information content (AvgIpc) is 2.10. The number of carboxylic acids is 1. The van der Waals surface area contributed by atoms with E-state index in [2.05, 4.69) is 31.9 Å². The summed E-state index contributed by atoms with van der Waals surface area (Å²) in [5.41, 5.74) is 1.22. The van der Waals surface area contributed by atoms with Crippen LogP contribution >= 0.6 is 54.5 Å². The Morgan fingerprint density at radius 2 is 2.07 bits per heavy atom. The van der Waals surface area contributed by atoms with Crippen molar-refractivity contribution in [2.75, 3.05) is 0 Å². The van der Waals surface area contributed by atoms with Crippen molar-refractivity contribution in [3.05, 3.63) is 29.7 Å². The predicted octanol–water partition coefficient (Wildman–Crippen LogP) is 4.08. The van der Waals surface area contributed by atoms with E-state index in [4.69, 9.17) is 5.11 Å². The zero-order chi connectivity index (χ0) is 10.9. The molecule has 0 bridgehead atoms. The van der Waals surface area contributed by atoms with E-state index >= 15 is 0 Å². The maximum atomic E-state index is 11.1. The normalized spacial score (nSPS) is 10.3. The SMILES string of the molecule is CCc1c(Br)cc(Br)c(I)c1C(=O)O. The van der Waals surface area contributed by atoms with E-state index in [9.17, 15) is 4.79 Å². The fourth-order valence-corrected chi connectivity index (χ4v) is 3.36. The third-order valence-electron chi connectivity index (χ3n) is 1.84. The van der Waals surface area contributed by atoms with Crippen LogP contribution in [0.2, 0.25) is 0 Å². The van der Waals surface area contributed by atoms with Crippen LogP contribution in [-0.4, -0.2) is 11.1 Å². The first-order valence-corrected chi connectivity index (χ1v) is 6.55. The third kappa shape index (κ3) is 2.30. The third-order valence-corrected chi connectivity index (χ3v) is 5.03. The van der Waals surface area contributed by atoms with Crippen LogP contribution in [0.15, 0.2) is 15.0 Å². The first kappa shape index (κ1) is 12.4. The molecule has 0 aromatic heterocycles. The highest BCUT2D eigenvalue weighted by molar-refractivity contribution is 14.1. The van der Waals surface area contributed by atoms with Gasteiger partial charge in [0, 0.05) is 12.5 Å². The number of hydrogen-bond donors (Lipinski definition) is 1. The van der Waals surface area contributed by atoms with Crippen LogP contribution in [0.25, 0.3) is 0 Å². The average molecular weight is 434 g/mol. The van der Waals surface area contributed by atoms with E-state index in [1.807, 2.05) is 35.6 Å². The maximum absolute atomic E-state index is 11.1. The molecule has 0 radical (unpaired) electrons. The zero-order valence-corrected chi connectivity index (χ0v) is 12.6. The van der Waals surface area contributed by atoms with Crippen LogP contribution in [0.1, 0.15) is 22.8 Å². The molecule has 0 amide bonds. The van der Waals surface area contributed by atoms with E-state index in [0.717, 1.165) is 18.1 Å². The predicted molar refractivity (Wildman–Crippen MR) is 70.9 cm³/mol. The second-order valence-corrected chi connectivity index (χ2v) is 5.45. The molecule has 0 aliphatic carbocycles. The summed E-state index contributed by atoms with van der Waals surface area (Å²) in [7, 11) is 0. The van der Waals surface area contributed by atoms with E-state index in [1.165, 1.54) is 0 Å². The van der Waals surface area contributed by atoms with Crippen molar-refractivity contribution >= 4 is 60.4 Å². The number of halogens is 3. The molecule has 0 atom stereocenters. The van der Waals surface area contributed by atoms with Crippen LogP contribution in [-0.2, 0) is 6.42 Å². The Kier molecular flexibility index (Phi) is 4.39. The minimum absolute atomic E-state index is 0.384. The van der Waals surface area contributed by atoms with Gasteiger partial charge in [-0.1, -0.05) is 22.9 Å². The summed E-state index contributed by atoms with van der Waals surface area (Å²) in [6, 6.07) is 1.88. The van der Waals surface area contributed by atoms with E-state index in [0.29, 0.717) is 12.0 Å². The highest BCUT2D eigenvalue weighted by Gasteiger charge is 2.18. The number of carbonyl (C=O) groups is 1. The Labute approximate surface area is 112 Å². The molecule has 76 valence electrons. The summed E-state index contributed by atoms with van der Waals surface area (Å²) < 4.78 is 2.39. The summed E-state index contributed by atoms with van der Waals surface area (Å²) in [5.74, 6) is -0.881. The van der Waals surface area contributed by atoms with E-state index in [1.54, 1.807) is 0 Å². The molecule has 5 heteroatoms. The molecular weight excluding hydrogens is 427 g/mol. The lowest BCUT2D eigenvalue weighted by Gasteiger charge is -2.10. The molecular formula is C9H7Br2IO2. The van der Waals surface area contributed by atoms with Crippen LogP contribution in [0, 0.1) is 3.57 Å². The van der Waals surface area contributed by atoms with Crippen LogP contribution < -0.4 is 0 Å². The Balaban J connectivity index is 3.56. The van der Waals surface area contributed by atoms with Gasteiger partial charge in [0.25, 0.3) is 0 Å². The fourth-order valence-electron chi connectivity index (χ4n) is 1.20. The second-order valence-electron chi connectivity index (χ2n) is 2.67. The maximum Gasteiger partial charge on any atom is 0.337 e. The fraction of sp³-hybridized carbons (Fsp3) is 0.222. The largest absolute Gasteiger partial charge is 0.478 e. The van der Waals surface area contributed by atoms with Gasteiger partial charge in [-0.3, -0.25) is 0 Å². The lowest BCUT2D eigenvalue weighted by Crippen LogP contribution is -2.06. The van der Waals surface area contributed by atoms with Gasteiger partial charge in [-0.25, -0.2) is 4.79 Å². The molecule has 0 saturated heterocycles. The lowest BCUT2D eigenvalue weighted by molar-refractivity contribution is 0.0694. The van der Waals surface area contributed by atoms with Gasteiger partial charge in [0.1, 0.15) is 0 Å². The Morgan fingerprint density at radius 1 is 1.50 bits per heavy atom. The zero-order valence-electron chi connectivity index (χ0n) is 7.27. The van der Waals surface area contributed by atoms with Gasteiger partial charge in [-0.2, -0.15) is 0 Å². The van der Waals surface area contributed by atoms with Gasteiger partial charge in [-0.05, 0) is 56.6 Å². The standard InChI is InChI=1S/C9H7Br2IO2/c1-2-4-5(10)3-6(11)8(12)7(4)9(13)14/h3H,2H2,1H3,(H,13,14). The Morgan fingerprint density at radius 3 is 2.50 bits per heavy atom. The van der Waals surface area contributed by atoms with Gasteiger partial charge in [-0.15, -0.1) is 0 Å². The summed E-state index contributed by atoms with van der Waals surface area (Å²) >= 11 is 8.73. The Bertz CT molecular complexity index is 391. The lowest BCUT2D eigenvalue weighted by atomic mass is 10.1. The minimum atomic E-state index is -0.881. The molecule has 2 nitrogen and oxygen atoms in total. The minimum Gasteiger partial charge on any atom is -0.478 e. The van der Waals surface area contributed by atoms with Crippen molar-refractivity contribution in [1.82, 2.24) is 0 Å². The monoisotopic (exact) mass is 432 g/mol. The van der Waals surface area contributed by atoms with Crippen LogP contribution in [0.5, 0.6) is 0 Å². The molecule has 1 N–H and O–H groups in total. The molecule has 0 fully saturated rings. The summed E-state index contributed by atoms with van der Waals surface area (Å²) in [4.78, 5) is 11.1.